The van der Waals surface area contributed by atoms with Gasteiger partial charge in [0.2, 0.25) is 0 Å². The first-order chi connectivity index (χ1) is 12.1. The lowest BCUT2D eigenvalue weighted by molar-refractivity contribution is 0.0955. The molecule has 0 saturated carbocycles. The van der Waals surface area contributed by atoms with Gasteiger partial charge in [0.25, 0.3) is 5.91 Å². The molecule has 2 aromatic carbocycles. The van der Waals surface area contributed by atoms with Crippen molar-refractivity contribution in [2.24, 2.45) is 5.10 Å². The van der Waals surface area contributed by atoms with Gasteiger partial charge < -0.3 is 4.42 Å². The van der Waals surface area contributed by atoms with Gasteiger partial charge in [0, 0.05) is 10.9 Å². The van der Waals surface area contributed by atoms with Crippen LogP contribution < -0.4 is 11.1 Å². The van der Waals surface area contributed by atoms with Crippen LogP contribution in [-0.4, -0.2) is 11.6 Å². The minimum atomic E-state index is -0.485. The summed E-state index contributed by atoms with van der Waals surface area (Å²) in [6.07, 6.45) is 0.914. The first-order valence-electron chi connectivity index (χ1n) is 8.05. The van der Waals surface area contributed by atoms with E-state index >= 15 is 0 Å². The highest BCUT2D eigenvalue weighted by Crippen LogP contribution is 2.13. The number of para-hydroxylation sites is 1. The summed E-state index contributed by atoms with van der Waals surface area (Å²) in [6.45, 7) is 3.71. The minimum absolute atomic E-state index is 0.320. The van der Waals surface area contributed by atoms with Crippen molar-refractivity contribution < 1.29 is 9.21 Å². The molecule has 0 spiro atoms. The summed E-state index contributed by atoms with van der Waals surface area (Å²) < 4.78 is 5.28. The van der Waals surface area contributed by atoms with Crippen LogP contribution in [0.25, 0.3) is 11.0 Å². The maximum atomic E-state index is 12.2. The van der Waals surface area contributed by atoms with Crippen LogP contribution in [0.4, 0.5) is 0 Å². The molecule has 3 rings (SSSR count). The molecular weight excluding hydrogens is 316 g/mol. The summed E-state index contributed by atoms with van der Waals surface area (Å²) in [5.74, 6) is -0.327. The molecule has 1 aromatic heterocycles. The zero-order valence-electron chi connectivity index (χ0n) is 14.1. The second-order valence-corrected chi connectivity index (χ2v) is 5.67. The molecule has 1 heterocycles. The van der Waals surface area contributed by atoms with Gasteiger partial charge in [-0.3, -0.25) is 4.79 Å². The molecule has 0 radical (unpaired) electrons. The second-order valence-electron chi connectivity index (χ2n) is 5.67. The monoisotopic (exact) mass is 334 g/mol. The SMILES string of the molecule is CCc1ccc(C(=O)N/N=C(/C)c2cc3ccccc3oc2=O)cc1. The summed E-state index contributed by atoms with van der Waals surface area (Å²) in [5.41, 5.74) is 4.89. The number of aryl methyl sites for hydroxylation is 1. The molecule has 25 heavy (non-hydrogen) atoms. The smallest absolute Gasteiger partial charge is 0.345 e. The lowest BCUT2D eigenvalue weighted by atomic mass is 10.1. The third-order valence-electron chi connectivity index (χ3n) is 3.98. The maximum absolute atomic E-state index is 12.2. The van der Waals surface area contributed by atoms with E-state index in [4.69, 9.17) is 4.42 Å². The number of nitrogens with zero attached hydrogens (tertiary/aromatic N) is 1. The third-order valence-corrected chi connectivity index (χ3v) is 3.98. The number of carbonyl (C=O) groups excluding carboxylic acids is 1. The van der Waals surface area contributed by atoms with E-state index in [9.17, 15) is 9.59 Å². The van der Waals surface area contributed by atoms with E-state index in [1.165, 1.54) is 0 Å². The van der Waals surface area contributed by atoms with Gasteiger partial charge in [0.05, 0.1) is 11.3 Å². The summed E-state index contributed by atoms with van der Waals surface area (Å²) in [6, 6.07) is 16.3. The van der Waals surface area contributed by atoms with Crippen molar-refractivity contribution in [3.8, 4) is 0 Å². The Balaban J connectivity index is 1.82. The van der Waals surface area contributed by atoms with Gasteiger partial charge in [-0.05, 0) is 43.2 Å². The van der Waals surface area contributed by atoms with E-state index in [1.54, 1.807) is 37.3 Å². The molecule has 0 aliphatic heterocycles. The molecule has 1 N–H and O–H groups in total. The van der Waals surface area contributed by atoms with E-state index in [-0.39, 0.29) is 5.91 Å². The molecule has 3 aromatic rings. The van der Waals surface area contributed by atoms with Crippen LogP contribution >= 0.6 is 0 Å². The number of hydrazone groups is 1. The number of carbonyl (C=O) groups is 1. The fourth-order valence-electron chi connectivity index (χ4n) is 2.47. The van der Waals surface area contributed by atoms with Crippen molar-refractivity contribution in [3.63, 3.8) is 0 Å². The van der Waals surface area contributed by atoms with E-state index in [0.29, 0.717) is 22.4 Å². The van der Waals surface area contributed by atoms with Gasteiger partial charge in [-0.2, -0.15) is 5.10 Å². The number of hydrogen-bond donors (Lipinski definition) is 1. The number of amides is 1. The number of hydrogen-bond acceptors (Lipinski definition) is 4. The highest BCUT2D eigenvalue weighted by Gasteiger charge is 2.09. The first kappa shape index (κ1) is 16.6. The Hall–Kier alpha value is -3.21. The van der Waals surface area contributed by atoms with Gasteiger partial charge in [0.15, 0.2) is 0 Å². The quantitative estimate of drug-likeness (QED) is 0.451. The maximum Gasteiger partial charge on any atom is 0.345 e. The summed E-state index contributed by atoms with van der Waals surface area (Å²) in [4.78, 5) is 24.3. The van der Waals surface area contributed by atoms with E-state index in [2.05, 4.69) is 17.5 Å². The molecule has 126 valence electrons. The van der Waals surface area contributed by atoms with Crippen molar-refractivity contribution in [1.29, 1.82) is 0 Å². The van der Waals surface area contributed by atoms with Gasteiger partial charge >= 0.3 is 5.63 Å². The number of fused-ring (bicyclic) bond motifs is 1. The van der Waals surface area contributed by atoms with E-state index < -0.39 is 5.63 Å². The minimum Gasteiger partial charge on any atom is -0.422 e. The molecule has 0 bridgehead atoms. The molecule has 0 atom stereocenters. The fraction of sp³-hybridized carbons (Fsp3) is 0.150. The van der Waals surface area contributed by atoms with Gasteiger partial charge in [-0.1, -0.05) is 37.3 Å². The molecule has 5 heteroatoms. The van der Waals surface area contributed by atoms with Crippen LogP contribution in [0.1, 0.15) is 35.3 Å². The Morgan fingerprint density at radius 2 is 1.84 bits per heavy atom. The largest absolute Gasteiger partial charge is 0.422 e. The zero-order chi connectivity index (χ0) is 17.8. The standard InChI is InChI=1S/C20H18N2O3/c1-3-14-8-10-15(11-9-14)19(23)22-21-13(2)17-12-16-6-4-5-7-18(16)25-20(17)24/h4-12H,3H2,1-2H3,(H,22,23)/b21-13-. The highest BCUT2D eigenvalue weighted by atomic mass is 16.4. The van der Waals surface area contributed by atoms with Crippen molar-refractivity contribution in [3.05, 3.63) is 81.7 Å². The molecule has 0 aliphatic rings. The van der Waals surface area contributed by atoms with Crippen LogP contribution in [-0.2, 0) is 6.42 Å². The number of nitrogens with one attached hydrogen (secondary N) is 1. The Morgan fingerprint density at radius 3 is 2.56 bits per heavy atom. The molecule has 0 unspecified atom stereocenters. The normalized spacial score (nSPS) is 11.5. The Bertz CT molecular complexity index is 1000. The van der Waals surface area contributed by atoms with Gasteiger partial charge in [-0.15, -0.1) is 0 Å². The molecule has 0 fully saturated rings. The average molecular weight is 334 g/mol. The Kier molecular flexibility index (Phi) is 4.75. The van der Waals surface area contributed by atoms with Crippen molar-refractivity contribution in [2.75, 3.05) is 0 Å². The second kappa shape index (κ2) is 7.13. The first-order valence-corrected chi connectivity index (χ1v) is 8.05. The average Bonchev–Trinajstić information content (AvgIpc) is 2.65. The molecule has 5 nitrogen and oxygen atoms in total. The van der Waals surface area contributed by atoms with Gasteiger partial charge in [-0.25, -0.2) is 10.2 Å². The summed E-state index contributed by atoms with van der Waals surface area (Å²) in [5, 5.41) is 4.84. The molecular formula is C20H18N2O3. The third kappa shape index (κ3) is 3.66. The highest BCUT2D eigenvalue weighted by molar-refractivity contribution is 6.02. The number of benzene rings is 2. The van der Waals surface area contributed by atoms with Crippen molar-refractivity contribution in [2.45, 2.75) is 20.3 Å². The summed E-state index contributed by atoms with van der Waals surface area (Å²) >= 11 is 0. The van der Waals surface area contributed by atoms with Crippen LogP contribution in [0.3, 0.4) is 0 Å². The number of rotatable bonds is 4. The lowest BCUT2D eigenvalue weighted by Crippen LogP contribution is -2.21. The predicted octanol–water partition coefficient (Wildman–Crippen LogP) is 3.51. The van der Waals surface area contributed by atoms with E-state index in [0.717, 1.165) is 17.4 Å². The van der Waals surface area contributed by atoms with Crippen molar-refractivity contribution >= 4 is 22.6 Å². The van der Waals surface area contributed by atoms with E-state index in [1.807, 2.05) is 24.3 Å². The summed E-state index contributed by atoms with van der Waals surface area (Å²) in [7, 11) is 0. The van der Waals surface area contributed by atoms with Crippen LogP contribution in [0.2, 0.25) is 0 Å². The lowest BCUT2D eigenvalue weighted by Gasteiger charge is -2.04. The molecule has 0 saturated heterocycles. The van der Waals surface area contributed by atoms with Crippen LogP contribution in [0.5, 0.6) is 0 Å². The molecule has 0 aliphatic carbocycles. The van der Waals surface area contributed by atoms with Crippen molar-refractivity contribution in [1.82, 2.24) is 5.43 Å². The van der Waals surface area contributed by atoms with Crippen LogP contribution in [0, 0.1) is 0 Å². The Morgan fingerprint density at radius 1 is 1.12 bits per heavy atom. The predicted molar refractivity (Wildman–Crippen MR) is 98.0 cm³/mol. The Labute approximate surface area is 145 Å². The van der Waals surface area contributed by atoms with Gasteiger partial charge in [0.1, 0.15) is 5.58 Å². The fourth-order valence-corrected chi connectivity index (χ4v) is 2.47. The van der Waals surface area contributed by atoms with Crippen LogP contribution in [0.15, 0.2) is 68.9 Å². The topological polar surface area (TPSA) is 71.7 Å². The molecule has 1 amide bonds. The zero-order valence-corrected chi connectivity index (χ0v) is 14.1.